The number of hydrogen-bond acceptors (Lipinski definition) is 5. The van der Waals surface area contributed by atoms with E-state index in [0.29, 0.717) is 29.1 Å². The first-order chi connectivity index (χ1) is 15.3. The lowest BCUT2D eigenvalue weighted by Crippen LogP contribution is -2.20. The van der Waals surface area contributed by atoms with Crippen molar-refractivity contribution in [3.05, 3.63) is 64.5 Å². The summed E-state index contributed by atoms with van der Waals surface area (Å²) < 4.78 is 48.9. The van der Waals surface area contributed by atoms with Crippen molar-refractivity contribution >= 4 is 11.2 Å². The molecule has 0 saturated carbocycles. The molecule has 0 bridgehead atoms. The normalized spacial score (nSPS) is 12.0. The van der Waals surface area contributed by atoms with E-state index in [-0.39, 0.29) is 24.4 Å². The molecule has 0 atom stereocenters. The van der Waals surface area contributed by atoms with Crippen molar-refractivity contribution in [1.82, 2.24) is 28.9 Å². The Hall–Kier alpha value is -3.47. The Morgan fingerprint density at radius 3 is 2.75 bits per heavy atom. The van der Waals surface area contributed by atoms with E-state index in [9.17, 15) is 18.0 Å². The molecule has 0 aliphatic carbocycles. The van der Waals surface area contributed by atoms with Crippen molar-refractivity contribution in [3.63, 3.8) is 0 Å². The van der Waals surface area contributed by atoms with E-state index < -0.39 is 11.7 Å². The first kappa shape index (κ1) is 21.8. The van der Waals surface area contributed by atoms with E-state index in [1.54, 1.807) is 23.0 Å². The molecular formula is C21H21F3N6O2. The van der Waals surface area contributed by atoms with E-state index >= 15 is 0 Å². The van der Waals surface area contributed by atoms with Gasteiger partial charge < -0.3 is 4.74 Å². The van der Waals surface area contributed by atoms with Gasteiger partial charge in [-0.3, -0.25) is 18.6 Å². The average Bonchev–Trinajstić information content (AvgIpc) is 3.35. The Labute approximate surface area is 180 Å². The molecule has 1 aromatic carbocycles. The second kappa shape index (κ2) is 8.58. The number of halogens is 3. The van der Waals surface area contributed by atoms with Crippen LogP contribution in [0.2, 0.25) is 0 Å². The van der Waals surface area contributed by atoms with Crippen LogP contribution in [-0.4, -0.2) is 36.0 Å². The van der Waals surface area contributed by atoms with Gasteiger partial charge in [0, 0.05) is 19.9 Å². The Morgan fingerprint density at radius 2 is 2.03 bits per heavy atom. The lowest BCUT2D eigenvalue weighted by molar-refractivity contribution is -0.137. The van der Waals surface area contributed by atoms with Crippen molar-refractivity contribution in [1.29, 1.82) is 0 Å². The summed E-state index contributed by atoms with van der Waals surface area (Å²) in [5.74, 6) is 0.441. The number of aromatic nitrogens is 6. The molecule has 0 unspecified atom stereocenters. The summed E-state index contributed by atoms with van der Waals surface area (Å²) in [5.41, 5.74) is 0.712. The van der Waals surface area contributed by atoms with Gasteiger partial charge in [0.1, 0.15) is 18.9 Å². The standard InChI is InChI=1S/C21H21F3N6O2/c1-3-7-28-12-25-19-17(20(28)31)27-18(30(19)13-32-2)15-9-26-29(11-15)10-14-5-4-6-16(8-14)21(22,23)24/h4-6,8-9,11-12H,3,7,10,13H2,1-2H3. The minimum absolute atomic E-state index is 0.120. The van der Waals surface area contributed by atoms with Crippen LogP contribution >= 0.6 is 0 Å². The second-order valence-corrected chi connectivity index (χ2v) is 7.32. The SMILES string of the molecule is CCCn1cnc2c(nc(-c3cnn(Cc4cccc(C(F)(F)F)c4)c3)n2COC)c1=O. The van der Waals surface area contributed by atoms with E-state index in [2.05, 4.69) is 15.1 Å². The fraction of sp³-hybridized carbons (Fsp3) is 0.333. The smallest absolute Gasteiger partial charge is 0.364 e. The van der Waals surface area contributed by atoms with Crippen LogP contribution in [0.25, 0.3) is 22.6 Å². The predicted molar refractivity (Wildman–Crippen MR) is 111 cm³/mol. The van der Waals surface area contributed by atoms with Gasteiger partial charge in [0.05, 0.1) is 23.9 Å². The number of fused-ring (bicyclic) bond motifs is 1. The van der Waals surface area contributed by atoms with Gasteiger partial charge in [0.25, 0.3) is 5.56 Å². The van der Waals surface area contributed by atoms with E-state index in [1.807, 2.05) is 6.92 Å². The number of alkyl halides is 3. The fourth-order valence-electron chi connectivity index (χ4n) is 3.50. The number of imidazole rings is 1. The largest absolute Gasteiger partial charge is 0.416 e. The highest BCUT2D eigenvalue weighted by molar-refractivity contribution is 5.75. The predicted octanol–water partition coefficient (Wildman–Crippen LogP) is 3.54. The summed E-state index contributed by atoms with van der Waals surface area (Å²) in [5, 5.41) is 4.26. The monoisotopic (exact) mass is 446 g/mol. The lowest BCUT2D eigenvalue weighted by atomic mass is 10.1. The molecule has 0 aliphatic rings. The molecule has 32 heavy (non-hydrogen) atoms. The van der Waals surface area contributed by atoms with Crippen LogP contribution in [-0.2, 0) is 30.7 Å². The molecule has 0 saturated heterocycles. The van der Waals surface area contributed by atoms with Gasteiger partial charge in [-0.25, -0.2) is 9.97 Å². The van der Waals surface area contributed by atoms with Gasteiger partial charge in [0.15, 0.2) is 11.2 Å². The maximum atomic E-state index is 13.0. The van der Waals surface area contributed by atoms with Gasteiger partial charge in [-0.15, -0.1) is 0 Å². The van der Waals surface area contributed by atoms with Crippen molar-refractivity contribution in [3.8, 4) is 11.4 Å². The summed E-state index contributed by atoms with van der Waals surface area (Å²) in [6, 6.07) is 5.11. The van der Waals surface area contributed by atoms with Crippen LogP contribution in [0, 0.1) is 0 Å². The molecule has 0 amide bonds. The molecule has 168 valence electrons. The summed E-state index contributed by atoms with van der Waals surface area (Å²) in [4.78, 5) is 21.7. The van der Waals surface area contributed by atoms with Gasteiger partial charge in [-0.05, 0) is 24.1 Å². The first-order valence-electron chi connectivity index (χ1n) is 9.95. The number of methoxy groups -OCH3 is 1. The third-order valence-corrected chi connectivity index (χ3v) is 4.94. The Morgan fingerprint density at radius 1 is 1.22 bits per heavy atom. The molecule has 3 aromatic heterocycles. The third-order valence-electron chi connectivity index (χ3n) is 4.94. The minimum atomic E-state index is -4.41. The van der Waals surface area contributed by atoms with E-state index in [0.717, 1.165) is 18.6 Å². The molecule has 0 radical (unpaired) electrons. The molecule has 11 heteroatoms. The number of rotatable bonds is 7. The van der Waals surface area contributed by atoms with Crippen molar-refractivity contribution in [2.45, 2.75) is 39.3 Å². The molecule has 3 heterocycles. The number of nitrogens with zero attached hydrogens (tertiary/aromatic N) is 6. The van der Waals surface area contributed by atoms with Crippen LogP contribution in [0.4, 0.5) is 13.2 Å². The van der Waals surface area contributed by atoms with Crippen LogP contribution in [0.3, 0.4) is 0 Å². The summed E-state index contributed by atoms with van der Waals surface area (Å²) in [6.07, 6.45) is 1.07. The van der Waals surface area contributed by atoms with Crippen molar-refractivity contribution in [2.75, 3.05) is 7.11 Å². The highest BCUT2D eigenvalue weighted by Crippen LogP contribution is 2.30. The van der Waals surface area contributed by atoms with Gasteiger partial charge in [-0.2, -0.15) is 18.3 Å². The molecule has 4 rings (SSSR count). The first-order valence-corrected chi connectivity index (χ1v) is 9.95. The molecule has 4 aromatic rings. The number of benzene rings is 1. The minimum Gasteiger partial charge on any atom is -0.364 e. The van der Waals surface area contributed by atoms with E-state index in [4.69, 9.17) is 4.74 Å². The Bertz CT molecular complexity index is 1310. The molecule has 0 N–H and O–H groups in total. The zero-order valence-electron chi connectivity index (χ0n) is 17.5. The Balaban J connectivity index is 1.70. The summed E-state index contributed by atoms with van der Waals surface area (Å²) in [6.45, 7) is 2.76. The van der Waals surface area contributed by atoms with Gasteiger partial charge in [0.2, 0.25) is 0 Å². The van der Waals surface area contributed by atoms with Crippen molar-refractivity contribution < 1.29 is 17.9 Å². The van der Waals surface area contributed by atoms with Crippen LogP contribution in [0.5, 0.6) is 0 Å². The number of hydrogen-bond donors (Lipinski definition) is 0. The molecule has 0 spiro atoms. The fourth-order valence-corrected chi connectivity index (χ4v) is 3.50. The summed E-state index contributed by atoms with van der Waals surface area (Å²) >= 11 is 0. The number of ether oxygens (including phenoxy) is 1. The second-order valence-electron chi connectivity index (χ2n) is 7.32. The quantitative estimate of drug-likeness (QED) is 0.434. The topological polar surface area (TPSA) is 79.8 Å². The highest BCUT2D eigenvalue weighted by atomic mass is 19.4. The lowest BCUT2D eigenvalue weighted by Gasteiger charge is -2.09. The van der Waals surface area contributed by atoms with Crippen LogP contribution in [0.1, 0.15) is 24.5 Å². The van der Waals surface area contributed by atoms with E-state index in [1.165, 1.54) is 28.8 Å². The zero-order valence-corrected chi connectivity index (χ0v) is 17.5. The van der Waals surface area contributed by atoms with Gasteiger partial charge in [-0.1, -0.05) is 19.1 Å². The Kier molecular flexibility index (Phi) is 5.83. The number of aryl methyl sites for hydroxylation is 1. The third kappa shape index (κ3) is 4.15. The molecule has 8 nitrogen and oxygen atoms in total. The van der Waals surface area contributed by atoms with Crippen LogP contribution < -0.4 is 5.56 Å². The van der Waals surface area contributed by atoms with Crippen molar-refractivity contribution in [2.24, 2.45) is 0 Å². The van der Waals surface area contributed by atoms with Gasteiger partial charge >= 0.3 is 6.18 Å². The van der Waals surface area contributed by atoms with Crippen LogP contribution in [0.15, 0.2) is 47.8 Å². The average molecular weight is 446 g/mol. The molecule has 0 fully saturated rings. The zero-order chi connectivity index (χ0) is 22.9. The maximum Gasteiger partial charge on any atom is 0.416 e. The maximum absolute atomic E-state index is 13.0. The molecule has 0 aliphatic heterocycles. The highest BCUT2D eigenvalue weighted by Gasteiger charge is 2.30. The molecular weight excluding hydrogens is 425 g/mol. The summed E-state index contributed by atoms with van der Waals surface area (Å²) in [7, 11) is 1.52.